The van der Waals surface area contributed by atoms with Gasteiger partial charge >= 0.3 is 0 Å². The Balaban J connectivity index is 2.00. The Morgan fingerprint density at radius 1 is 1.23 bits per heavy atom. The second-order valence-electron chi connectivity index (χ2n) is 5.19. The van der Waals surface area contributed by atoms with Gasteiger partial charge in [-0.05, 0) is 43.3 Å². The van der Waals surface area contributed by atoms with Crippen LogP contribution in [0.5, 0.6) is 0 Å². The van der Waals surface area contributed by atoms with Gasteiger partial charge in [0.1, 0.15) is 0 Å². The number of hydrazone groups is 1. The second-order valence-corrected chi connectivity index (χ2v) is 5.62. The van der Waals surface area contributed by atoms with Crippen LogP contribution in [0.1, 0.15) is 29.3 Å². The number of carbonyl (C=O) groups excluding carboxylic acids is 1. The first-order chi connectivity index (χ1) is 10.5. The first-order valence-corrected chi connectivity index (χ1v) is 7.15. The van der Waals surface area contributed by atoms with Gasteiger partial charge in [0.15, 0.2) is 5.72 Å². The number of amides is 1. The molecule has 0 radical (unpaired) electrons. The number of carbonyl (C=O) groups is 1. The monoisotopic (exact) mass is 315 g/mol. The fraction of sp³-hybridized carbons (Fsp3) is 0.188. The van der Waals surface area contributed by atoms with Gasteiger partial charge in [0.05, 0.1) is 0 Å². The molecule has 1 unspecified atom stereocenters. The van der Waals surface area contributed by atoms with E-state index in [2.05, 4.69) is 10.1 Å². The molecule has 5 nitrogen and oxygen atoms in total. The Hall–Kier alpha value is -2.24. The van der Waals surface area contributed by atoms with Gasteiger partial charge in [-0.2, -0.15) is 10.1 Å². The van der Waals surface area contributed by atoms with E-state index in [9.17, 15) is 9.90 Å². The van der Waals surface area contributed by atoms with Gasteiger partial charge < -0.3 is 5.11 Å². The van der Waals surface area contributed by atoms with E-state index in [1.165, 1.54) is 0 Å². The molecule has 1 amide bonds. The third kappa shape index (κ3) is 2.49. The third-order valence-electron chi connectivity index (χ3n) is 3.55. The quantitative estimate of drug-likeness (QED) is 0.926. The molecule has 2 heterocycles. The molecule has 0 saturated heterocycles. The molecule has 22 heavy (non-hydrogen) atoms. The van der Waals surface area contributed by atoms with Crippen LogP contribution in [-0.4, -0.2) is 26.7 Å². The number of pyridine rings is 1. The van der Waals surface area contributed by atoms with Crippen molar-refractivity contribution in [2.24, 2.45) is 5.10 Å². The number of rotatable bonds is 2. The summed E-state index contributed by atoms with van der Waals surface area (Å²) >= 11 is 5.84. The SMILES string of the molecule is CC1=NN(C(=O)c2ccc(Cl)cc2)C(O)(c2ccncc2)C1. The molecule has 2 aromatic rings. The van der Waals surface area contributed by atoms with Gasteiger partial charge in [-0.3, -0.25) is 9.78 Å². The maximum atomic E-state index is 12.7. The Bertz CT molecular complexity index is 731. The number of aliphatic hydroxyl groups is 1. The summed E-state index contributed by atoms with van der Waals surface area (Å²) in [5.41, 5.74) is 0.173. The predicted molar refractivity (Wildman–Crippen MR) is 83.5 cm³/mol. The highest BCUT2D eigenvalue weighted by molar-refractivity contribution is 6.30. The Kier molecular flexibility index (Phi) is 3.68. The predicted octanol–water partition coefficient (Wildman–Crippen LogP) is 2.80. The highest BCUT2D eigenvalue weighted by Crippen LogP contribution is 2.36. The van der Waals surface area contributed by atoms with E-state index in [1.54, 1.807) is 55.7 Å². The lowest BCUT2D eigenvalue weighted by Crippen LogP contribution is -2.43. The van der Waals surface area contributed by atoms with E-state index in [4.69, 9.17) is 11.6 Å². The maximum Gasteiger partial charge on any atom is 0.276 e. The third-order valence-corrected chi connectivity index (χ3v) is 3.80. The molecule has 0 bridgehead atoms. The van der Waals surface area contributed by atoms with E-state index in [0.717, 1.165) is 5.01 Å². The summed E-state index contributed by atoms with van der Waals surface area (Å²) in [5, 5.41) is 16.9. The van der Waals surface area contributed by atoms with Gasteiger partial charge in [-0.15, -0.1) is 0 Å². The van der Waals surface area contributed by atoms with Gasteiger partial charge in [0, 0.05) is 40.7 Å². The smallest absolute Gasteiger partial charge is 0.276 e. The summed E-state index contributed by atoms with van der Waals surface area (Å²) < 4.78 is 0. The molecule has 112 valence electrons. The summed E-state index contributed by atoms with van der Waals surface area (Å²) in [5.74, 6) is -0.382. The highest BCUT2D eigenvalue weighted by Gasteiger charge is 2.45. The molecule has 1 aliphatic rings. The summed E-state index contributed by atoms with van der Waals surface area (Å²) in [7, 11) is 0. The molecule has 1 N–H and O–H groups in total. The zero-order valence-corrected chi connectivity index (χ0v) is 12.7. The molecule has 0 saturated carbocycles. The molecule has 0 spiro atoms. The molecule has 1 atom stereocenters. The number of halogens is 1. The van der Waals surface area contributed by atoms with Gasteiger partial charge in [0.25, 0.3) is 5.91 Å². The van der Waals surface area contributed by atoms with Crippen molar-refractivity contribution >= 4 is 23.2 Å². The van der Waals surface area contributed by atoms with Crippen molar-refractivity contribution in [1.29, 1.82) is 0 Å². The number of aromatic nitrogens is 1. The van der Waals surface area contributed by atoms with Gasteiger partial charge in [-0.25, -0.2) is 0 Å². The summed E-state index contributed by atoms with van der Waals surface area (Å²) in [6, 6.07) is 9.84. The van der Waals surface area contributed by atoms with Gasteiger partial charge in [0.2, 0.25) is 0 Å². The minimum atomic E-state index is -1.50. The normalized spacial score (nSPS) is 20.9. The molecule has 6 heteroatoms. The van der Waals surface area contributed by atoms with Crippen LogP contribution in [0, 0.1) is 0 Å². The highest BCUT2D eigenvalue weighted by atomic mass is 35.5. The second kappa shape index (κ2) is 5.51. The lowest BCUT2D eigenvalue weighted by molar-refractivity contribution is -0.0765. The van der Waals surface area contributed by atoms with Gasteiger partial charge in [-0.1, -0.05) is 11.6 Å². The van der Waals surface area contributed by atoms with E-state index in [1.807, 2.05) is 0 Å². The summed E-state index contributed by atoms with van der Waals surface area (Å²) in [4.78, 5) is 16.6. The fourth-order valence-corrected chi connectivity index (χ4v) is 2.62. The topological polar surface area (TPSA) is 65.8 Å². The van der Waals surface area contributed by atoms with Crippen molar-refractivity contribution in [3.8, 4) is 0 Å². The lowest BCUT2D eigenvalue weighted by atomic mass is 9.98. The average molecular weight is 316 g/mol. The standard InChI is InChI=1S/C16H14ClN3O2/c1-11-10-16(22,13-6-8-18-9-7-13)20(19-11)15(21)12-2-4-14(17)5-3-12/h2-9,22H,10H2,1H3. The first-order valence-electron chi connectivity index (χ1n) is 6.78. The minimum Gasteiger partial charge on any atom is -0.365 e. The average Bonchev–Trinajstić information content (AvgIpc) is 2.84. The summed E-state index contributed by atoms with van der Waals surface area (Å²) in [6.07, 6.45) is 3.41. The number of hydrogen-bond donors (Lipinski definition) is 1. The van der Waals surface area contributed by atoms with Crippen molar-refractivity contribution < 1.29 is 9.90 Å². The molecule has 0 aliphatic carbocycles. The minimum absolute atomic E-state index is 0.260. The van der Waals surface area contributed by atoms with Crippen molar-refractivity contribution in [3.05, 3.63) is 64.9 Å². The van der Waals surface area contributed by atoms with Crippen LogP contribution in [-0.2, 0) is 5.72 Å². The van der Waals surface area contributed by atoms with Crippen LogP contribution >= 0.6 is 11.6 Å². The van der Waals surface area contributed by atoms with E-state index in [-0.39, 0.29) is 12.3 Å². The van der Waals surface area contributed by atoms with Crippen LogP contribution in [0.15, 0.2) is 53.9 Å². The van der Waals surface area contributed by atoms with Crippen molar-refractivity contribution in [2.45, 2.75) is 19.1 Å². The van der Waals surface area contributed by atoms with Crippen molar-refractivity contribution in [2.75, 3.05) is 0 Å². The van der Waals surface area contributed by atoms with Crippen LogP contribution in [0.3, 0.4) is 0 Å². The zero-order chi connectivity index (χ0) is 15.7. The number of nitrogens with zero attached hydrogens (tertiary/aromatic N) is 3. The summed E-state index contributed by atoms with van der Waals surface area (Å²) in [6.45, 7) is 1.78. The lowest BCUT2D eigenvalue weighted by Gasteiger charge is -2.31. The van der Waals surface area contributed by atoms with Crippen LogP contribution in [0.25, 0.3) is 0 Å². The zero-order valence-electron chi connectivity index (χ0n) is 11.9. The number of benzene rings is 1. The van der Waals surface area contributed by atoms with E-state index < -0.39 is 5.72 Å². The molecule has 1 aliphatic heterocycles. The van der Waals surface area contributed by atoms with E-state index in [0.29, 0.717) is 21.9 Å². The van der Waals surface area contributed by atoms with Crippen LogP contribution in [0.4, 0.5) is 0 Å². The molecule has 3 rings (SSSR count). The Labute approximate surface area is 132 Å². The molecular formula is C16H14ClN3O2. The Morgan fingerprint density at radius 3 is 2.50 bits per heavy atom. The molecular weight excluding hydrogens is 302 g/mol. The van der Waals surface area contributed by atoms with Crippen LogP contribution < -0.4 is 0 Å². The number of hydrogen-bond acceptors (Lipinski definition) is 4. The molecule has 1 aromatic heterocycles. The van der Waals surface area contributed by atoms with E-state index >= 15 is 0 Å². The molecule has 1 aromatic carbocycles. The first kappa shape index (κ1) is 14.7. The fourth-order valence-electron chi connectivity index (χ4n) is 2.49. The Morgan fingerprint density at radius 2 is 1.86 bits per heavy atom. The molecule has 0 fully saturated rings. The van der Waals surface area contributed by atoms with Crippen molar-refractivity contribution in [3.63, 3.8) is 0 Å². The van der Waals surface area contributed by atoms with Crippen molar-refractivity contribution in [1.82, 2.24) is 9.99 Å². The largest absolute Gasteiger partial charge is 0.365 e. The maximum absolute atomic E-state index is 12.7. The van der Waals surface area contributed by atoms with Crippen LogP contribution in [0.2, 0.25) is 5.02 Å².